The maximum Gasteiger partial charge on any atom is 0.246 e. The van der Waals surface area contributed by atoms with Crippen molar-refractivity contribution >= 4 is 21.6 Å². The van der Waals surface area contributed by atoms with Crippen molar-refractivity contribution in [2.75, 3.05) is 26.2 Å². The van der Waals surface area contributed by atoms with Crippen LogP contribution in [0.3, 0.4) is 0 Å². The predicted octanol–water partition coefficient (Wildman–Crippen LogP) is 4.08. The van der Waals surface area contributed by atoms with E-state index in [0.29, 0.717) is 37.9 Å². The van der Waals surface area contributed by atoms with Crippen LogP contribution in [0.2, 0.25) is 5.02 Å². The van der Waals surface area contributed by atoms with E-state index >= 15 is 0 Å². The van der Waals surface area contributed by atoms with Crippen LogP contribution in [0.5, 0.6) is 0 Å². The summed E-state index contributed by atoms with van der Waals surface area (Å²) in [7, 11) is -4.03. The van der Waals surface area contributed by atoms with Gasteiger partial charge in [-0.25, -0.2) is 17.2 Å². The van der Waals surface area contributed by atoms with Crippen molar-refractivity contribution in [3.05, 3.63) is 64.2 Å². The summed E-state index contributed by atoms with van der Waals surface area (Å²) in [6.07, 6.45) is 2.47. The molecule has 4 rings (SSSR count). The van der Waals surface area contributed by atoms with Crippen LogP contribution in [0.15, 0.2) is 41.3 Å². The molecule has 0 N–H and O–H groups in total. The average Bonchev–Trinajstić information content (AvgIpc) is 2.71. The molecule has 0 aromatic heterocycles. The lowest BCUT2D eigenvalue weighted by atomic mass is 9.94. The maximum absolute atomic E-state index is 14.1. The Morgan fingerprint density at radius 2 is 1.69 bits per heavy atom. The van der Waals surface area contributed by atoms with Crippen LogP contribution in [0, 0.1) is 17.6 Å². The number of rotatable bonds is 4. The van der Waals surface area contributed by atoms with E-state index < -0.39 is 31.6 Å². The fourth-order valence-electron chi connectivity index (χ4n) is 4.25. The number of benzene rings is 2. The third kappa shape index (κ3) is 4.33. The number of piperidine rings is 1. The first-order valence-corrected chi connectivity index (χ1v) is 11.6. The van der Waals surface area contributed by atoms with Gasteiger partial charge in [0.05, 0.1) is 5.02 Å². The number of halogens is 3. The summed E-state index contributed by atoms with van der Waals surface area (Å²) in [6, 6.07) is 9.86. The van der Waals surface area contributed by atoms with E-state index in [1.54, 1.807) is 0 Å². The molecule has 2 aliphatic rings. The second kappa shape index (κ2) is 8.30. The van der Waals surface area contributed by atoms with Gasteiger partial charge in [0.2, 0.25) is 10.0 Å². The van der Waals surface area contributed by atoms with Crippen molar-refractivity contribution in [3.8, 4) is 0 Å². The van der Waals surface area contributed by atoms with Crippen molar-refractivity contribution in [2.24, 2.45) is 5.92 Å². The van der Waals surface area contributed by atoms with Gasteiger partial charge in [-0.1, -0.05) is 35.9 Å². The third-order valence-electron chi connectivity index (χ3n) is 5.89. The van der Waals surface area contributed by atoms with E-state index in [1.807, 2.05) is 0 Å². The molecule has 29 heavy (non-hydrogen) atoms. The molecule has 4 nitrogen and oxygen atoms in total. The van der Waals surface area contributed by atoms with Crippen LogP contribution in [0.25, 0.3) is 0 Å². The quantitative estimate of drug-likeness (QED) is 0.673. The summed E-state index contributed by atoms with van der Waals surface area (Å²) in [5.74, 6) is -1.68. The summed E-state index contributed by atoms with van der Waals surface area (Å²) in [5, 5.41) is -0.398. The van der Waals surface area contributed by atoms with Gasteiger partial charge in [0, 0.05) is 38.8 Å². The van der Waals surface area contributed by atoms with Crippen molar-refractivity contribution in [2.45, 2.75) is 30.7 Å². The van der Waals surface area contributed by atoms with Gasteiger partial charge in [0.15, 0.2) is 0 Å². The smallest absolute Gasteiger partial charge is 0.246 e. The first-order chi connectivity index (χ1) is 13.8. The molecule has 2 aromatic carbocycles. The molecule has 0 amide bonds. The number of fused-ring (bicyclic) bond motifs is 1. The molecular formula is C21H23ClF2N2O2S. The molecule has 1 fully saturated rings. The van der Waals surface area contributed by atoms with E-state index in [9.17, 15) is 17.2 Å². The Morgan fingerprint density at radius 1 is 1.00 bits per heavy atom. The molecule has 8 heteroatoms. The van der Waals surface area contributed by atoms with E-state index in [0.717, 1.165) is 32.1 Å². The minimum absolute atomic E-state index is 0.325. The minimum atomic E-state index is -4.03. The van der Waals surface area contributed by atoms with Gasteiger partial charge in [0.25, 0.3) is 0 Å². The topological polar surface area (TPSA) is 40.6 Å². The van der Waals surface area contributed by atoms with E-state index in [2.05, 4.69) is 29.2 Å². The monoisotopic (exact) mass is 440 g/mol. The van der Waals surface area contributed by atoms with Crippen LogP contribution in [0.1, 0.15) is 24.0 Å². The highest BCUT2D eigenvalue weighted by Gasteiger charge is 2.33. The molecule has 2 aliphatic heterocycles. The lowest BCUT2D eigenvalue weighted by Gasteiger charge is -2.36. The molecule has 1 saturated heterocycles. The van der Waals surface area contributed by atoms with E-state index in [4.69, 9.17) is 11.6 Å². The number of hydrogen-bond donors (Lipinski definition) is 0. The standard InChI is InChI=1S/C21H23ClF2N2O2S/c22-18-11-21(20(24)12-19(18)23)29(27,28)26-9-5-15(6-10-26)13-25-8-7-16-3-1-2-4-17(16)14-25/h1-4,11-12,15H,5-10,13-14H2. The van der Waals surface area contributed by atoms with Crippen LogP contribution in [-0.2, 0) is 23.0 Å². The second-order valence-corrected chi connectivity index (χ2v) is 10.1. The molecule has 2 aromatic rings. The Balaban J connectivity index is 1.38. The van der Waals surface area contributed by atoms with Crippen LogP contribution < -0.4 is 0 Å². The van der Waals surface area contributed by atoms with Gasteiger partial charge in [-0.2, -0.15) is 4.31 Å². The van der Waals surface area contributed by atoms with E-state index in [1.165, 1.54) is 15.4 Å². The summed E-state index contributed by atoms with van der Waals surface area (Å²) in [5.41, 5.74) is 2.77. The van der Waals surface area contributed by atoms with E-state index in [-0.39, 0.29) is 0 Å². The summed E-state index contributed by atoms with van der Waals surface area (Å²) < 4.78 is 54.3. The van der Waals surface area contributed by atoms with Gasteiger partial charge in [0.1, 0.15) is 16.5 Å². The molecular weight excluding hydrogens is 418 g/mol. The summed E-state index contributed by atoms with van der Waals surface area (Å²) in [4.78, 5) is 1.87. The Bertz CT molecular complexity index is 1010. The number of sulfonamides is 1. The van der Waals surface area contributed by atoms with Gasteiger partial charge >= 0.3 is 0 Å². The zero-order valence-corrected chi connectivity index (χ0v) is 17.5. The molecule has 0 radical (unpaired) electrons. The summed E-state index contributed by atoms with van der Waals surface area (Å²) in [6.45, 7) is 3.51. The van der Waals surface area contributed by atoms with Crippen molar-refractivity contribution < 1.29 is 17.2 Å². The molecule has 0 unspecified atom stereocenters. The highest BCUT2D eigenvalue weighted by molar-refractivity contribution is 7.89. The Kier molecular flexibility index (Phi) is 5.93. The molecule has 156 valence electrons. The predicted molar refractivity (Wildman–Crippen MR) is 108 cm³/mol. The molecule has 0 atom stereocenters. The zero-order valence-electron chi connectivity index (χ0n) is 16.0. The molecule has 0 spiro atoms. The van der Waals surface area contributed by atoms with Crippen molar-refractivity contribution in [1.82, 2.24) is 9.21 Å². The molecule has 0 saturated carbocycles. The minimum Gasteiger partial charge on any atom is -0.298 e. The Morgan fingerprint density at radius 3 is 2.41 bits per heavy atom. The number of nitrogens with zero attached hydrogens (tertiary/aromatic N) is 2. The maximum atomic E-state index is 14.1. The normalized spacial score (nSPS) is 19.3. The average molecular weight is 441 g/mol. The number of hydrogen-bond acceptors (Lipinski definition) is 3. The van der Waals surface area contributed by atoms with Crippen LogP contribution in [-0.4, -0.2) is 43.8 Å². The lowest BCUT2D eigenvalue weighted by Crippen LogP contribution is -2.42. The van der Waals surface area contributed by atoms with Crippen molar-refractivity contribution in [3.63, 3.8) is 0 Å². The first kappa shape index (κ1) is 20.7. The van der Waals surface area contributed by atoms with Gasteiger partial charge < -0.3 is 0 Å². The van der Waals surface area contributed by atoms with Gasteiger partial charge in [-0.3, -0.25) is 4.90 Å². The fourth-order valence-corrected chi connectivity index (χ4v) is 6.02. The Labute approximate surface area is 175 Å². The van der Waals surface area contributed by atoms with Crippen LogP contribution >= 0.6 is 11.6 Å². The van der Waals surface area contributed by atoms with Crippen molar-refractivity contribution in [1.29, 1.82) is 0 Å². The van der Waals surface area contributed by atoms with Crippen LogP contribution in [0.4, 0.5) is 8.78 Å². The third-order valence-corrected chi connectivity index (χ3v) is 8.10. The molecule has 2 heterocycles. The Hall–Kier alpha value is -1.54. The lowest BCUT2D eigenvalue weighted by molar-refractivity contribution is 0.171. The highest BCUT2D eigenvalue weighted by atomic mass is 35.5. The van der Waals surface area contributed by atoms with Gasteiger partial charge in [-0.05, 0) is 42.4 Å². The fraction of sp³-hybridized carbons (Fsp3) is 0.429. The molecule has 0 bridgehead atoms. The first-order valence-electron chi connectivity index (χ1n) is 9.78. The largest absolute Gasteiger partial charge is 0.298 e. The molecule has 0 aliphatic carbocycles. The highest BCUT2D eigenvalue weighted by Crippen LogP contribution is 2.29. The summed E-state index contributed by atoms with van der Waals surface area (Å²) >= 11 is 5.67. The second-order valence-electron chi connectivity index (χ2n) is 7.80. The SMILES string of the molecule is O=S(=O)(c1cc(Cl)c(F)cc1F)N1CCC(CN2CCc3ccccc3C2)CC1. The zero-order chi connectivity index (χ0) is 20.6. The van der Waals surface area contributed by atoms with Gasteiger partial charge in [-0.15, -0.1) is 0 Å².